The highest BCUT2D eigenvalue weighted by Crippen LogP contribution is 2.22. The predicted molar refractivity (Wildman–Crippen MR) is 103 cm³/mol. The van der Waals surface area contributed by atoms with Gasteiger partial charge in [-0.05, 0) is 55.5 Å². The van der Waals surface area contributed by atoms with Gasteiger partial charge in [-0.3, -0.25) is 9.78 Å². The Balaban J connectivity index is 1.38. The Morgan fingerprint density at radius 1 is 1.15 bits per heavy atom. The summed E-state index contributed by atoms with van der Waals surface area (Å²) < 4.78 is 5.43. The van der Waals surface area contributed by atoms with Crippen molar-refractivity contribution in [3.05, 3.63) is 54.4 Å². The Hall–Kier alpha value is -2.56. The summed E-state index contributed by atoms with van der Waals surface area (Å²) >= 11 is 0. The number of benzene rings is 1. The van der Waals surface area contributed by atoms with E-state index in [0.29, 0.717) is 18.9 Å². The second kappa shape index (κ2) is 9.22. The van der Waals surface area contributed by atoms with Crippen LogP contribution in [0.1, 0.15) is 25.3 Å². The molecule has 5 heteroatoms. The van der Waals surface area contributed by atoms with E-state index in [-0.39, 0.29) is 5.91 Å². The first-order chi connectivity index (χ1) is 12.7. The number of carbonyl (C=O) groups excluding carboxylic acids is 1. The maximum absolute atomic E-state index is 12.2. The molecule has 3 rings (SSSR count). The van der Waals surface area contributed by atoms with Gasteiger partial charge in [-0.2, -0.15) is 0 Å². The standard InChI is InChI=1S/C21H27N3O2/c1-2-26-20-5-3-17(4-6-20)15-21(25)23-16-18-9-13-24(14-10-18)19-7-11-22-12-8-19/h3-8,11-12,18H,2,9-10,13-16H2,1H3,(H,23,25). The molecule has 2 heterocycles. The molecule has 0 spiro atoms. The summed E-state index contributed by atoms with van der Waals surface area (Å²) in [6.07, 6.45) is 6.30. The van der Waals surface area contributed by atoms with Gasteiger partial charge in [-0.1, -0.05) is 12.1 Å². The zero-order chi connectivity index (χ0) is 18.2. The minimum atomic E-state index is 0.0886. The molecule has 2 aromatic rings. The number of nitrogens with zero attached hydrogens (tertiary/aromatic N) is 2. The lowest BCUT2D eigenvalue weighted by Crippen LogP contribution is -2.39. The van der Waals surface area contributed by atoms with E-state index in [1.54, 1.807) is 0 Å². The summed E-state index contributed by atoms with van der Waals surface area (Å²) in [6, 6.07) is 11.9. The molecular formula is C21H27N3O2. The minimum absolute atomic E-state index is 0.0886. The Bertz CT molecular complexity index is 680. The smallest absolute Gasteiger partial charge is 0.224 e. The molecule has 5 nitrogen and oxygen atoms in total. The molecule has 0 saturated carbocycles. The van der Waals surface area contributed by atoms with Crippen LogP contribution in [-0.2, 0) is 11.2 Å². The molecule has 1 fully saturated rings. The van der Waals surface area contributed by atoms with Gasteiger partial charge >= 0.3 is 0 Å². The van der Waals surface area contributed by atoms with Crippen molar-refractivity contribution in [1.82, 2.24) is 10.3 Å². The molecule has 1 N–H and O–H groups in total. The van der Waals surface area contributed by atoms with Gasteiger partial charge < -0.3 is 15.0 Å². The van der Waals surface area contributed by atoms with Crippen molar-refractivity contribution in [2.45, 2.75) is 26.2 Å². The van der Waals surface area contributed by atoms with Gasteiger partial charge in [0.15, 0.2) is 0 Å². The first kappa shape index (κ1) is 18.2. The molecule has 1 aliphatic rings. The van der Waals surface area contributed by atoms with Gasteiger partial charge in [0.1, 0.15) is 5.75 Å². The van der Waals surface area contributed by atoms with Gasteiger partial charge in [0, 0.05) is 37.7 Å². The number of anilines is 1. The summed E-state index contributed by atoms with van der Waals surface area (Å²) in [4.78, 5) is 18.7. The largest absolute Gasteiger partial charge is 0.494 e. The second-order valence-electron chi connectivity index (χ2n) is 6.69. The van der Waals surface area contributed by atoms with Gasteiger partial charge in [0.05, 0.1) is 13.0 Å². The Kier molecular flexibility index (Phi) is 6.47. The average Bonchev–Trinajstić information content (AvgIpc) is 2.69. The molecule has 1 saturated heterocycles. The Morgan fingerprint density at radius 2 is 1.85 bits per heavy atom. The summed E-state index contributed by atoms with van der Waals surface area (Å²) in [6.45, 7) is 5.44. The third-order valence-electron chi connectivity index (χ3n) is 4.83. The van der Waals surface area contributed by atoms with Crippen LogP contribution in [0.15, 0.2) is 48.8 Å². The number of nitrogens with one attached hydrogen (secondary N) is 1. The third-order valence-corrected chi connectivity index (χ3v) is 4.83. The monoisotopic (exact) mass is 353 g/mol. The van der Waals surface area contributed by atoms with E-state index in [4.69, 9.17) is 4.74 Å². The van der Waals surface area contributed by atoms with Crippen LogP contribution in [0.4, 0.5) is 5.69 Å². The number of aromatic nitrogens is 1. The maximum atomic E-state index is 12.2. The summed E-state index contributed by atoms with van der Waals surface area (Å²) in [5.74, 6) is 1.49. The molecule has 1 amide bonds. The summed E-state index contributed by atoms with van der Waals surface area (Å²) in [7, 11) is 0. The average molecular weight is 353 g/mol. The van der Waals surface area contributed by atoms with E-state index in [1.807, 2.05) is 43.6 Å². The number of amides is 1. The number of hydrogen-bond acceptors (Lipinski definition) is 4. The quantitative estimate of drug-likeness (QED) is 0.831. The zero-order valence-corrected chi connectivity index (χ0v) is 15.4. The highest BCUT2D eigenvalue weighted by molar-refractivity contribution is 5.78. The second-order valence-corrected chi connectivity index (χ2v) is 6.69. The summed E-state index contributed by atoms with van der Waals surface area (Å²) in [5, 5.41) is 3.10. The lowest BCUT2D eigenvalue weighted by Gasteiger charge is -2.33. The molecule has 0 radical (unpaired) electrons. The Labute approximate surface area is 155 Å². The SMILES string of the molecule is CCOc1ccc(CC(=O)NCC2CCN(c3ccncc3)CC2)cc1. The van der Waals surface area contributed by atoms with Crippen LogP contribution in [-0.4, -0.2) is 37.1 Å². The molecular weight excluding hydrogens is 326 g/mol. The van der Waals surface area contributed by atoms with E-state index in [0.717, 1.165) is 43.8 Å². The van der Waals surface area contributed by atoms with E-state index in [2.05, 4.69) is 27.3 Å². The number of piperidine rings is 1. The first-order valence-corrected chi connectivity index (χ1v) is 9.38. The highest BCUT2D eigenvalue weighted by Gasteiger charge is 2.19. The number of hydrogen-bond donors (Lipinski definition) is 1. The lowest BCUT2D eigenvalue weighted by atomic mass is 9.96. The van der Waals surface area contributed by atoms with Crippen molar-refractivity contribution < 1.29 is 9.53 Å². The topological polar surface area (TPSA) is 54.5 Å². The molecule has 0 aliphatic carbocycles. The Morgan fingerprint density at radius 3 is 2.50 bits per heavy atom. The number of ether oxygens (including phenoxy) is 1. The van der Waals surface area contributed by atoms with Crippen LogP contribution < -0.4 is 15.0 Å². The molecule has 26 heavy (non-hydrogen) atoms. The van der Waals surface area contributed by atoms with Crippen molar-refractivity contribution in [2.75, 3.05) is 31.1 Å². The van der Waals surface area contributed by atoms with Crippen molar-refractivity contribution in [3.8, 4) is 5.75 Å². The minimum Gasteiger partial charge on any atom is -0.494 e. The normalized spacial score (nSPS) is 14.9. The van der Waals surface area contributed by atoms with Gasteiger partial charge in [-0.25, -0.2) is 0 Å². The first-order valence-electron chi connectivity index (χ1n) is 9.38. The van der Waals surface area contributed by atoms with Crippen LogP contribution in [0.25, 0.3) is 0 Å². The van der Waals surface area contributed by atoms with Crippen molar-refractivity contribution in [1.29, 1.82) is 0 Å². The van der Waals surface area contributed by atoms with Crippen LogP contribution in [0, 0.1) is 5.92 Å². The van der Waals surface area contributed by atoms with Crippen LogP contribution in [0.3, 0.4) is 0 Å². The third kappa shape index (κ3) is 5.22. The van der Waals surface area contributed by atoms with Crippen molar-refractivity contribution >= 4 is 11.6 Å². The van der Waals surface area contributed by atoms with E-state index in [9.17, 15) is 4.79 Å². The highest BCUT2D eigenvalue weighted by atomic mass is 16.5. The molecule has 1 aliphatic heterocycles. The van der Waals surface area contributed by atoms with Crippen LogP contribution in [0.2, 0.25) is 0 Å². The van der Waals surface area contributed by atoms with E-state index in [1.165, 1.54) is 5.69 Å². The maximum Gasteiger partial charge on any atom is 0.224 e. The van der Waals surface area contributed by atoms with Gasteiger partial charge in [0.2, 0.25) is 5.91 Å². The molecule has 0 bridgehead atoms. The molecule has 1 aromatic carbocycles. The van der Waals surface area contributed by atoms with Crippen LogP contribution in [0.5, 0.6) is 5.75 Å². The predicted octanol–water partition coefficient (Wildman–Crippen LogP) is 3.06. The van der Waals surface area contributed by atoms with Gasteiger partial charge in [-0.15, -0.1) is 0 Å². The van der Waals surface area contributed by atoms with Crippen molar-refractivity contribution in [2.24, 2.45) is 5.92 Å². The number of pyridine rings is 1. The molecule has 138 valence electrons. The fraction of sp³-hybridized carbons (Fsp3) is 0.429. The number of rotatable bonds is 7. The molecule has 0 unspecified atom stereocenters. The lowest BCUT2D eigenvalue weighted by molar-refractivity contribution is -0.120. The van der Waals surface area contributed by atoms with Crippen molar-refractivity contribution in [3.63, 3.8) is 0 Å². The van der Waals surface area contributed by atoms with Crippen LogP contribution >= 0.6 is 0 Å². The van der Waals surface area contributed by atoms with E-state index >= 15 is 0 Å². The zero-order valence-electron chi connectivity index (χ0n) is 15.4. The molecule has 1 aromatic heterocycles. The fourth-order valence-corrected chi connectivity index (χ4v) is 3.33. The fourth-order valence-electron chi connectivity index (χ4n) is 3.33. The summed E-state index contributed by atoms with van der Waals surface area (Å²) in [5.41, 5.74) is 2.25. The van der Waals surface area contributed by atoms with E-state index < -0.39 is 0 Å². The number of carbonyl (C=O) groups is 1. The molecule has 0 atom stereocenters. The van der Waals surface area contributed by atoms with Gasteiger partial charge in [0.25, 0.3) is 0 Å².